The number of carbonyl (C=O) groups excluding carboxylic acids is 2. The topological polar surface area (TPSA) is 142 Å². The van der Waals surface area contributed by atoms with Gasteiger partial charge in [0.1, 0.15) is 17.8 Å². The summed E-state index contributed by atoms with van der Waals surface area (Å²) in [4.78, 5) is 36.2. The van der Waals surface area contributed by atoms with Gasteiger partial charge in [0.2, 0.25) is 11.8 Å². The van der Waals surface area contributed by atoms with Crippen LogP contribution in [0.25, 0.3) is 0 Å². The van der Waals surface area contributed by atoms with E-state index in [4.69, 9.17) is 5.73 Å². The Morgan fingerprint density at radius 1 is 0.926 bits per heavy atom. The highest BCUT2D eigenvalue weighted by Gasteiger charge is 2.31. The highest BCUT2D eigenvalue weighted by Crippen LogP contribution is 2.11. The first-order valence-corrected chi connectivity index (χ1v) is 8.90. The number of aliphatic carboxylic acids is 1. The van der Waals surface area contributed by atoms with Crippen LogP contribution >= 0.6 is 0 Å². The Kier molecular flexibility index (Phi) is 8.24. The number of hydrogen-bond acceptors (Lipinski definition) is 5. The number of nitrogens with two attached hydrogens (primary N) is 1. The largest absolute Gasteiger partial charge is 0.508 e. The Balaban J connectivity index is 2.76. The molecule has 2 amide bonds. The van der Waals surface area contributed by atoms with Gasteiger partial charge in [-0.3, -0.25) is 9.59 Å². The fraction of sp³-hybridized carbons (Fsp3) is 0.526. The number of rotatable bonds is 9. The van der Waals surface area contributed by atoms with Crippen LogP contribution in [-0.2, 0) is 20.8 Å². The molecule has 0 radical (unpaired) electrons. The molecule has 1 aromatic carbocycles. The van der Waals surface area contributed by atoms with Crippen LogP contribution < -0.4 is 16.4 Å². The van der Waals surface area contributed by atoms with Crippen LogP contribution in [-0.4, -0.2) is 46.1 Å². The number of carbonyl (C=O) groups is 3. The van der Waals surface area contributed by atoms with Crippen molar-refractivity contribution in [1.29, 1.82) is 0 Å². The molecule has 0 unspecified atom stereocenters. The van der Waals surface area contributed by atoms with Gasteiger partial charge in [0.15, 0.2) is 0 Å². The van der Waals surface area contributed by atoms with E-state index in [0.717, 1.165) is 5.56 Å². The normalized spacial score (nSPS) is 14.5. The maximum atomic E-state index is 12.5. The van der Waals surface area contributed by atoms with E-state index in [1.165, 1.54) is 12.1 Å². The highest BCUT2D eigenvalue weighted by atomic mass is 16.4. The zero-order valence-corrected chi connectivity index (χ0v) is 16.1. The van der Waals surface area contributed by atoms with Crippen LogP contribution in [0, 0.1) is 11.8 Å². The molecular formula is C19H29N3O5. The molecule has 0 spiro atoms. The molecule has 8 nitrogen and oxygen atoms in total. The van der Waals surface area contributed by atoms with Gasteiger partial charge in [0.25, 0.3) is 0 Å². The SMILES string of the molecule is CC(C)[C@H](NC(=O)[C@@H](NC(=O)[C@@H](N)Cc1ccc(O)cc1)C(C)C)C(=O)O. The lowest BCUT2D eigenvalue weighted by molar-refractivity contribution is -0.143. The second-order valence-electron chi connectivity index (χ2n) is 7.28. The molecule has 8 heteroatoms. The van der Waals surface area contributed by atoms with E-state index in [1.54, 1.807) is 39.8 Å². The quantitative estimate of drug-likeness (QED) is 0.426. The third-order valence-corrected chi connectivity index (χ3v) is 4.21. The first kappa shape index (κ1) is 22.4. The van der Waals surface area contributed by atoms with Crippen LogP contribution in [0.3, 0.4) is 0 Å². The highest BCUT2D eigenvalue weighted by molar-refractivity contribution is 5.92. The van der Waals surface area contributed by atoms with E-state index in [0.29, 0.717) is 0 Å². The molecule has 1 rings (SSSR count). The zero-order chi connectivity index (χ0) is 20.7. The molecule has 150 valence electrons. The van der Waals surface area contributed by atoms with Crippen molar-refractivity contribution in [3.63, 3.8) is 0 Å². The van der Waals surface area contributed by atoms with E-state index in [2.05, 4.69) is 10.6 Å². The third kappa shape index (κ3) is 6.90. The predicted molar refractivity (Wildman–Crippen MR) is 101 cm³/mol. The summed E-state index contributed by atoms with van der Waals surface area (Å²) >= 11 is 0. The Hall–Kier alpha value is -2.61. The van der Waals surface area contributed by atoms with Gasteiger partial charge in [-0.2, -0.15) is 0 Å². The molecule has 1 aromatic rings. The fourth-order valence-electron chi connectivity index (χ4n) is 2.53. The molecule has 0 fully saturated rings. The maximum absolute atomic E-state index is 12.5. The average molecular weight is 379 g/mol. The molecule has 0 bridgehead atoms. The van der Waals surface area contributed by atoms with Crippen LogP contribution in [0.15, 0.2) is 24.3 Å². The second-order valence-corrected chi connectivity index (χ2v) is 7.28. The summed E-state index contributed by atoms with van der Waals surface area (Å²) in [5, 5.41) is 23.6. The summed E-state index contributed by atoms with van der Waals surface area (Å²) in [6, 6.07) is 3.50. The minimum atomic E-state index is -1.13. The van der Waals surface area contributed by atoms with Crippen molar-refractivity contribution >= 4 is 17.8 Å². The van der Waals surface area contributed by atoms with Crippen molar-refractivity contribution < 1.29 is 24.6 Å². The van der Waals surface area contributed by atoms with E-state index < -0.39 is 35.9 Å². The molecule has 0 aromatic heterocycles. The summed E-state index contributed by atoms with van der Waals surface area (Å²) in [7, 11) is 0. The van der Waals surface area contributed by atoms with Gasteiger partial charge in [-0.05, 0) is 36.0 Å². The van der Waals surface area contributed by atoms with Crippen molar-refractivity contribution in [2.75, 3.05) is 0 Å². The summed E-state index contributed by atoms with van der Waals surface area (Å²) in [5.41, 5.74) is 6.70. The van der Waals surface area contributed by atoms with Gasteiger partial charge in [0.05, 0.1) is 6.04 Å². The van der Waals surface area contributed by atoms with Gasteiger partial charge in [0, 0.05) is 0 Å². The Bertz CT molecular complexity index is 658. The lowest BCUT2D eigenvalue weighted by Gasteiger charge is -2.26. The molecule has 0 saturated carbocycles. The second kappa shape index (κ2) is 9.91. The Morgan fingerprint density at radius 3 is 1.85 bits per heavy atom. The molecule has 0 aliphatic heterocycles. The molecule has 0 aliphatic rings. The van der Waals surface area contributed by atoms with Gasteiger partial charge < -0.3 is 26.6 Å². The minimum absolute atomic E-state index is 0.117. The van der Waals surface area contributed by atoms with Gasteiger partial charge in [-0.1, -0.05) is 39.8 Å². The first-order valence-electron chi connectivity index (χ1n) is 8.90. The summed E-state index contributed by atoms with van der Waals surface area (Å²) in [6.45, 7) is 6.88. The maximum Gasteiger partial charge on any atom is 0.326 e. The zero-order valence-electron chi connectivity index (χ0n) is 16.1. The number of aromatic hydroxyl groups is 1. The van der Waals surface area contributed by atoms with Crippen LogP contribution in [0.2, 0.25) is 0 Å². The molecular weight excluding hydrogens is 350 g/mol. The van der Waals surface area contributed by atoms with Crippen LogP contribution in [0.4, 0.5) is 0 Å². The summed E-state index contributed by atoms with van der Waals surface area (Å²) < 4.78 is 0. The molecule has 0 saturated heterocycles. The summed E-state index contributed by atoms with van der Waals surface area (Å²) in [6.07, 6.45) is 0.238. The van der Waals surface area contributed by atoms with Gasteiger partial charge in [-0.15, -0.1) is 0 Å². The van der Waals surface area contributed by atoms with Crippen molar-refractivity contribution in [3.05, 3.63) is 29.8 Å². The Morgan fingerprint density at radius 2 is 1.41 bits per heavy atom. The lowest BCUT2D eigenvalue weighted by Crippen LogP contribution is -2.57. The van der Waals surface area contributed by atoms with E-state index in [-0.39, 0.29) is 24.0 Å². The molecule has 3 atom stereocenters. The standard InChI is InChI=1S/C19H29N3O5/c1-10(2)15(18(25)22-16(11(3)4)19(26)27)21-17(24)14(20)9-12-5-7-13(23)8-6-12/h5-8,10-11,14-16,23H,9,20H2,1-4H3,(H,21,24)(H,22,25)(H,26,27)/t14-,15-,16-/m0/s1. The molecule has 27 heavy (non-hydrogen) atoms. The van der Waals surface area contributed by atoms with E-state index in [9.17, 15) is 24.6 Å². The minimum Gasteiger partial charge on any atom is -0.508 e. The number of carboxylic acids is 1. The number of carboxylic acid groups (broad SMARTS) is 1. The number of benzene rings is 1. The molecule has 6 N–H and O–H groups in total. The Labute approximate surface area is 159 Å². The van der Waals surface area contributed by atoms with E-state index >= 15 is 0 Å². The monoisotopic (exact) mass is 379 g/mol. The van der Waals surface area contributed by atoms with E-state index in [1.807, 2.05) is 0 Å². The van der Waals surface area contributed by atoms with Crippen molar-refractivity contribution in [1.82, 2.24) is 10.6 Å². The molecule has 0 aliphatic carbocycles. The predicted octanol–water partition coefficient (Wildman–Crippen LogP) is 0.628. The number of amides is 2. The summed E-state index contributed by atoms with van der Waals surface area (Å²) in [5.74, 6) is -2.63. The lowest BCUT2D eigenvalue weighted by atomic mass is 9.99. The average Bonchev–Trinajstić information content (AvgIpc) is 2.58. The third-order valence-electron chi connectivity index (χ3n) is 4.21. The number of phenols is 1. The number of hydrogen-bond donors (Lipinski definition) is 5. The number of nitrogens with one attached hydrogen (secondary N) is 2. The van der Waals surface area contributed by atoms with Crippen molar-refractivity contribution in [3.8, 4) is 5.75 Å². The van der Waals surface area contributed by atoms with Crippen LogP contribution in [0.1, 0.15) is 33.3 Å². The van der Waals surface area contributed by atoms with Crippen molar-refractivity contribution in [2.24, 2.45) is 17.6 Å². The van der Waals surface area contributed by atoms with Crippen LogP contribution in [0.5, 0.6) is 5.75 Å². The van der Waals surface area contributed by atoms with Crippen molar-refractivity contribution in [2.45, 2.75) is 52.2 Å². The fourth-order valence-corrected chi connectivity index (χ4v) is 2.53. The molecule has 0 heterocycles. The van der Waals surface area contributed by atoms with Gasteiger partial charge in [-0.25, -0.2) is 4.79 Å². The number of phenolic OH excluding ortho intramolecular Hbond substituents is 1. The van der Waals surface area contributed by atoms with Gasteiger partial charge >= 0.3 is 5.97 Å². The first-order chi connectivity index (χ1) is 12.5. The smallest absolute Gasteiger partial charge is 0.326 e.